The van der Waals surface area contributed by atoms with E-state index in [1.807, 2.05) is 28.8 Å². The first-order valence-corrected chi connectivity index (χ1v) is 9.30. The SMILES string of the molecule is COCCn1cc(C(=O)OC2CCS(=O)(=O)C2)c2ccccc21. The fraction of sp³-hybridized carbons (Fsp3) is 0.438. The first-order chi connectivity index (χ1) is 11.0. The number of nitrogens with zero attached hydrogens (tertiary/aromatic N) is 1. The van der Waals surface area contributed by atoms with Gasteiger partial charge in [0.1, 0.15) is 6.10 Å². The number of carbonyl (C=O) groups is 1. The Bertz CT molecular complexity index is 824. The zero-order chi connectivity index (χ0) is 16.4. The molecule has 0 radical (unpaired) electrons. The number of sulfone groups is 1. The number of esters is 1. The molecule has 3 rings (SSSR count). The van der Waals surface area contributed by atoms with Crippen molar-refractivity contribution in [1.82, 2.24) is 4.57 Å². The van der Waals surface area contributed by atoms with Gasteiger partial charge in [-0.15, -0.1) is 0 Å². The maximum absolute atomic E-state index is 12.5. The number of benzene rings is 1. The highest BCUT2D eigenvalue weighted by molar-refractivity contribution is 7.91. The normalized spacial score (nSPS) is 20.0. The van der Waals surface area contributed by atoms with E-state index in [1.54, 1.807) is 13.3 Å². The largest absolute Gasteiger partial charge is 0.458 e. The second-order valence-corrected chi connectivity index (χ2v) is 7.91. The second-order valence-electron chi connectivity index (χ2n) is 5.68. The van der Waals surface area contributed by atoms with Crippen LogP contribution in [-0.4, -0.2) is 50.3 Å². The predicted molar refractivity (Wildman–Crippen MR) is 86.3 cm³/mol. The smallest absolute Gasteiger partial charge is 0.340 e. The Balaban J connectivity index is 1.85. The van der Waals surface area contributed by atoms with E-state index < -0.39 is 21.9 Å². The summed E-state index contributed by atoms with van der Waals surface area (Å²) < 4.78 is 35.4. The summed E-state index contributed by atoms with van der Waals surface area (Å²) in [6.07, 6.45) is 1.57. The van der Waals surface area contributed by atoms with E-state index in [0.717, 1.165) is 10.9 Å². The van der Waals surface area contributed by atoms with Crippen molar-refractivity contribution in [3.05, 3.63) is 36.0 Å². The van der Waals surface area contributed by atoms with Crippen molar-refractivity contribution in [3.8, 4) is 0 Å². The Morgan fingerprint density at radius 3 is 2.83 bits per heavy atom. The molecule has 23 heavy (non-hydrogen) atoms. The van der Waals surface area contributed by atoms with Gasteiger partial charge in [0.05, 0.1) is 23.7 Å². The van der Waals surface area contributed by atoms with E-state index in [0.29, 0.717) is 25.1 Å². The molecular formula is C16H19NO5S. The molecule has 0 amide bonds. The van der Waals surface area contributed by atoms with Gasteiger partial charge in [0.15, 0.2) is 9.84 Å². The molecule has 1 aliphatic heterocycles. The molecule has 1 saturated heterocycles. The van der Waals surface area contributed by atoms with Gasteiger partial charge in [-0.1, -0.05) is 18.2 Å². The average Bonchev–Trinajstić information content (AvgIpc) is 3.05. The molecule has 0 spiro atoms. The maximum atomic E-state index is 12.5. The summed E-state index contributed by atoms with van der Waals surface area (Å²) in [5.74, 6) is -0.471. The molecule has 1 aliphatic rings. The average molecular weight is 337 g/mol. The lowest BCUT2D eigenvalue weighted by molar-refractivity contribution is 0.0358. The first-order valence-electron chi connectivity index (χ1n) is 7.48. The fourth-order valence-electron chi connectivity index (χ4n) is 2.85. The zero-order valence-electron chi connectivity index (χ0n) is 12.9. The summed E-state index contributed by atoms with van der Waals surface area (Å²) in [5, 5.41) is 0.800. The van der Waals surface area contributed by atoms with Gasteiger partial charge in [-0.25, -0.2) is 13.2 Å². The van der Waals surface area contributed by atoms with Crippen LogP contribution in [0.15, 0.2) is 30.5 Å². The highest BCUT2D eigenvalue weighted by Crippen LogP contribution is 2.24. The van der Waals surface area contributed by atoms with Gasteiger partial charge >= 0.3 is 5.97 Å². The van der Waals surface area contributed by atoms with Crippen molar-refractivity contribution < 1.29 is 22.7 Å². The maximum Gasteiger partial charge on any atom is 0.340 e. The van der Waals surface area contributed by atoms with Crippen LogP contribution >= 0.6 is 0 Å². The Morgan fingerprint density at radius 1 is 1.35 bits per heavy atom. The predicted octanol–water partition coefficient (Wildman–Crippen LogP) is 1.63. The number of methoxy groups -OCH3 is 1. The van der Waals surface area contributed by atoms with E-state index >= 15 is 0 Å². The van der Waals surface area contributed by atoms with Crippen LogP contribution in [0.3, 0.4) is 0 Å². The molecule has 7 heteroatoms. The third-order valence-electron chi connectivity index (χ3n) is 4.01. The highest BCUT2D eigenvalue weighted by Gasteiger charge is 2.31. The number of hydrogen-bond donors (Lipinski definition) is 0. The molecular weight excluding hydrogens is 318 g/mol. The van der Waals surface area contributed by atoms with Crippen LogP contribution < -0.4 is 0 Å². The van der Waals surface area contributed by atoms with Crippen LogP contribution in [0.25, 0.3) is 10.9 Å². The molecule has 0 N–H and O–H groups in total. The molecule has 0 saturated carbocycles. The van der Waals surface area contributed by atoms with E-state index in [2.05, 4.69) is 0 Å². The summed E-state index contributed by atoms with van der Waals surface area (Å²) in [6.45, 7) is 1.16. The molecule has 0 bridgehead atoms. The minimum atomic E-state index is -3.07. The molecule has 1 unspecified atom stereocenters. The Hall–Kier alpha value is -1.86. The fourth-order valence-corrected chi connectivity index (χ4v) is 4.44. The second kappa shape index (κ2) is 6.33. The van der Waals surface area contributed by atoms with Crippen LogP contribution in [0.4, 0.5) is 0 Å². The lowest BCUT2D eigenvalue weighted by Crippen LogP contribution is -2.19. The third kappa shape index (κ3) is 3.40. The van der Waals surface area contributed by atoms with Gasteiger partial charge in [-0.2, -0.15) is 0 Å². The van der Waals surface area contributed by atoms with Gasteiger partial charge in [0.25, 0.3) is 0 Å². The van der Waals surface area contributed by atoms with Gasteiger partial charge < -0.3 is 14.0 Å². The summed E-state index contributed by atoms with van der Waals surface area (Å²) in [7, 11) is -1.45. The minimum absolute atomic E-state index is 0.0823. The number of rotatable bonds is 5. The van der Waals surface area contributed by atoms with E-state index in [1.165, 1.54) is 0 Å². The van der Waals surface area contributed by atoms with Crippen LogP contribution in [0.5, 0.6) is 0 Å². The van der Waals surface area contributed by atoms with Crippen molar-refractivity contribution in [2.75, 3.05) is 25.2 Å². The van der Waals surface area contributed by atoms with Crippen molar-refractivity contribution in [3.63, 3.8) is 0 Å². The monoisotopic (exact) mass is 337 g/mol. The van der Waals surface area contributed by atoms with Crippen molar-refractivity contribution >= 4 is 26.7 Å². The number of carbonyl (C=O) groups excluding carboxylic acids is 1. The molecule has 1 aromatic carbocycles. The third-order valence-corrected chi connectivity index (χ3v) is 5.75. The van der Waals surface area contributed by atoms with Crippen LogP contribution in [0.1, 0.15) is 16.8 Å². The van der Waals surface area contributed by atoms with Gasteiger partial charge in [-0.05, 0) is 12.5 Å². The van der Waals surface area contributed by atoms with E-state index in [-0.39, 0.29) is 11.5 Å². The highest BCUT2D eigenvalue weighted by atomic mass is 32.2. The summed E-state index contributed by atoms with van der Waals surface area (Å²) in [4.78, 5) is 12.5. The lowest BCUT2D eigenvalue weighted by atomic mass is 10.2. The van der Waals surface area contributed by atoms with E-state index in [4.69, 9.17) is 9.47 Å². The van der Waals surface area contributed by atoms with Crippen molar-refractivity contribution in [2.45, 2.75) is 19.1 Å². The number of hydrogen-bond acceptors (Lipinski definition) is 5. The number of ether oxygens (including phenoxy) is 2. The van der Waals surface area contributed by atoms with Gasteiger partial charge in [0, 0.05) is 30.8 Å². The van der Waals surface area contributed by atoms with Crippen LogP contribution in [0.2, 0.25) is 0 Å². The Kier molecular flexibility index (Phi) is 4.41. The molecule has 124 valence electrons. The summed E-state index contributed by atoms with van der Waals surface area (Å²) in [5.41, 5.74) is 1.39. The van der Waals surface area contributed by atoms with Crippen LogP contribution in [-0.2, 0) is 25.9 Å². The first kappa shape index (κ1) is 16.0. The Morgan fingerprint density at radius 2 is 2.13 bits per heavy atom. The number of fused-ring (bicyclic) bond motifs is 1. The molecule has 6 nitrogen and oxygen atoms in total. The summed E-state index contributed by atoms with van der Waals surface area (Å²) in [6, 6.07) is 7.56. The molecule has 0 aliphatic carbocycles. The standard InChI is InChI=1S/C16H19NO5S/c1-21-8-7-17-10-14(13-4-2-3-5-15(13)17)16(18)22-12-6-9-23(19,20)11-12/h2-5,10,12H,6-9,11H2,1H3. The molecule has 1 atom stereocenters. The lowest BCUT2D eigenvalue weighted by Gasteiger charge is -2.09. The molecule has 2 aromatic rings. The van der Waals surface area contributed by atoms with Gasteiger partial charge in [0.2, 0.25) is 0 Å². The Labute approximate surface area is 134 Å². The molecule has 1 fully saturated rings. The number of para-hydroxylation sites is 1. The van der Waals surface area contributed by atoms with Crippen molar-refractivity contribution in [2.24, 2.45) is 0 Å². The quantitative estimate of drug-likeness (QED) is 0.775. The van der Waals surface area contributed by atoms with Crippen LogP contribution in [0, 0.1) is 0 Å². The van der Waals surface area contributed by atoms with Gasteiger partial charge in [-0.3, -0.25) is 0 Å². The van der Waals surface area contributed by atoms with E-state index in [9.17, 15) is 13.2 Å². The van der Waals surface area contributed by atoms with Crippen molar-refractivity contribution in [1.29, 1.82) is 0 Å². The minimum Gasteiger partial charge on any atom is -0.458 e. The number of aromatic nitrogens is 1. The molecule has 2 heterocycles. The topological polar surface area (TPSA) is 74.6 Å². The molecule has 1 aromatic heterocycles. The summed E-state index contributed by atoms with van der Waals surface area (Å²) >= 11 is 0. The zero-order valence-corrected chi connectivity index (χ0v) is 13.7.